The fraction of sp³-hybridized carbons (Fsp3) is 0.486. The number of hydrogen-bond acceptors (Lipinski definition) is 8. The summed E-state index contributed by atoms with van der Waals surface area (Å²) in [6.07, 6.45) is 3.91. The molecule has 2 N–H and O–H groups in total. The number of anilines is 1. The zero-order valence-electron chi connectivity index (χ0n) is 25.9. The summed E-state index contributed by atoms with van der Waals surface area (Å²) in [6.45, 7) is 9.25. The van der Waals surface area contributed by atoms with E-state index in [-0.39, 0.29) is 34.1 Å². The van der Waals surface area contributed by atoms with Crippen molar-refractivity contribution in [1.29, 1.82) is 0 Å². The second kappa shape index (κ2) is 11.6. The molecule has 10 heteroatoms. The Morgan fingerprint density at radius 1 is 1.00 bits per heavy atom. The normalized spacial score (nSPS) is 21.8. The van der Waals surface area contributed by atoms with Crippen LogP contribution in [0.1, 0.15) is 45.1 Å². The highest BCUT2D eigenvalue weighted by Gasteiger charge is 2.45. The molecule has 8 nitrogen and oxygen atoms in total. The first-order chi connectivity index (χ1) is 21.7. The second-order valence-electron chi connectivity index (χ2n) is 13.3. The van der Waals surface area contributed by atoms with Gasteiger partial charge in [0.1, 0.15) is 22.9 Å². The fourth-order valence-corrected chi connectivity index (χ4v) is 7.07. The molecule has 0 radical (unpaired) electrons. The third-order valence-electron chi connectivity index (χ3n) is 9.66. The maximum absolute atomic E-state index is 16.8. The van der Waals surface area contributed by atoms with Crippen LogP contribution in [0.3, 0.4) is 0 Å². The number of β-amino-alcohol motifs (C(OH)–C–C–N with tert-alkyl or cyclic N) is 1. The van der Waals surface area contributed by atoms with Gasteiger partial charge >= 0.3 is 6.01 Å². The first-order valence-electron chi connectivity index (χ1n) is 16.0. The lowest BCUT2D eigenvalue weighted by Crippen LogP contribution is -2.46. The minimum absolute atomic E-state index is 0.00607. The molecule has 2 aliphatic heterocycles. The SMILES string of the molecule is CCc1c(F)ccc2cc(O)cc(-c3ccc4c(N5CCCC(C)(O)C5)nc(OCC5(CN6CCOCC6)CC5)nc4c3F)c12. The van der Waals surface area contributed by atoms with Crippen molar-refractivity contribution in [3.8, 4) is 22.9 Å². The first kappa shape index (κ1) is 30.1. The van der Waals surface area contributed by atoms with Crippen LogP contribution in [-0.4, -0.2) is 83.2 Å². The number of piperidine rings is 1. The molecule has 1 aromatic heterocycles. The monoisotopic (exact) mass is 618 g/mol. The number of rotatable bonds is 8. The summed E-state index contributed by atoms with van der Waals surface area (Å²) in [5.74, 6) is -0.498. The molecule has 4 aromatic rings. The van der Waals surface area contributed by atoms with Gasteiger partial charge in [-0.3, -0.25) is 4.90 Å². The summed E-state index contributed by atoms with van der Waals surface area (Å²) in [6, 6.07) is 9.54. The minimum Gasteiger partial charge on any atom is -0.508 e. The van der Waals surface area contributed by atoms with E-state index in [4.69, 9.17) is 14.5 Å². The Morgan fingerprint density at radius 3 is 2.53 bits per heavy atom. The molecule has 1 aliphatic carbocycles. The predicted molar refractivity (Wildman–Crippen MR) is 170 cm³/mol. The largest absolute Gasteiger partial charge is 0.508 e. The van der Waals surface area contributed by atoms with Crippen molar-refractivity contribution < 1.29 is 28.5 Å². The van der Waals surface area contributed by atoms with Crippen molar-refractivity contribution in [2.75, 3.05) is 57.4 Å². The molecule has 1 unspecified atom stereocenters. The van der Waals surface area contributed by atoms with E-state index in [0.29, 0.717) is 65.6 Å². The molecule has 1 saturated carbocycles. The van der Waals surface area contributed by atoms with Gasteiger partial charge in [0.25, 0.3) is 0 Å². The number of aliphatic hydroxyl groups is 1. The lowest BCUT2D eigenvalue weighted by atomic mass is 9.92. The summed E-state index contributed by atoms with van der Waals surface area (Å²) in [7, 11) is 0. The maximum Gasteiger partial charge on any atom is 0.319 e. The molecule has 0 spiro atoms. The van der Waals surface area contributed by atoms with Crippen molar-refractivity contribution in [3.63, 3.8) is 0 Å². The van der Waals surface area contributed by atoms with E-state index >= 15 is 4.39 Å². The van der Waals surface area contributed by atoms with Crippen LogP contribution < -0.4 is 9.64 Å². The molecule has 3 aromatic carbocycles. The number of hydrogen-bond donors (Lipinski definition) is 2. The molecule has 7 rings (SSSR count). The van der Waals surface area contributed by atoms with E-state index < -0.39 is 11.4 Å². The average Bonchev–Trinajstić information content (AvgIpc) is 3.79. The van der Waals surface area contributed by atoms with Crippen molar-refractivity contribution in [2.24, 2.45) is 5.41 Å². The molecule has 1 atom stereocenters. The quantitative estimate of drug-likeness (QED) is 0.255. The summed E-state index contributed by atoms with van der Waals surface area (Å²) >= 11 is 0. The van der Waals surface area contributed by atoms with Gasteiger partial charge in [0, 0.05) is 49.1 Å². The van der Waals surface area contributed by atoms with Gasteiger partial charge in [-0.05, 0) is 85.2 Å². The number of fused-ring (bicyclic) bond motifs is 2. The molecule has 3 aliphatic rings. The molecule has 3 heterocycles. The van der Waals surface area contributed by atoms with Gasteiger partial charge in [-0.15, -0.1) is 0 Å². The zero-order valence-corrected chi connectivity index (χ0v) is 25.9. The number of morpholine rings is 1. The molecular formula is C35H40F2N4O4. The van der Waals surface area contributed by atoms with Gasteiger partial charge < -0.3 is 24.6 Å². The maximum atomic E-state index is 16.8. The van der Waals surface area contributed by atoms with Crippen LogP contribution in [0.5, 0.6) is 11.8 Å². The lowest BCUT2D eigenvalue weighted by molar-refractivity contribution is 0.0231. The second-order valence-corrected chi connectivity index (χ2v) is 13.3. The number of ether oxygens (including phenoxy) is 2. The number of aromatic hydroxyl groups is 1. The van der Waals surface area contributed by atoms with Gasteiger partial charge in [0.05, 0.1) is 25.4 Å². The Bertz CT molecular complexity index is 1750. The Balaban J connectivity index is 1.32. The first-order valence-corrected chi connectivity index (χ1v) is 16.0. The number of nitrogens with zero attached hydrogens (tertiary/aromatic N) is 4. The molecule has 2 saturated heterocycles. The van der Waals surface area contributed by atoms with Crippen LogP contribution in [0.4, 0.5) is 14.6 Å². The van der Waals surface area contributed by atoms with Gasteiger partial charge in [-0.25, -0.2) is 8.78 Å². The van der Waals surface area contributed by atoms with E-state index in [1.54, 1.807) is 31.2 Å². The van der Waals surface area contributed by atoms with Crippen LogP contribution in [0.2, 0.25) is 0 Å². The summed E-state index contributed by atoms with van der Waals surface area (Å²) in [5, 5.41) is 23.2. The van der Waals surface area contributed by atoms with E-state index in [1.165, 1.54) is 12.1 Å². The smallest absolute Gasteiger partial charge is 0.319 e. The number of benzene rings is 3. The van der Waals surface area contributed by atoms with E-state index in [0.717, 1.165) is 52.1 Å². The third kappa shape index (κ3) is 5.91. The van der Waals surface area contributed by atoms with Gasteiger partial charge in [-0.1, -0.05) is 19.1 Å². The number of aryl methyl sites for hydroxylation is 1. The number of halogens is 2. The molecule has 0 bridgehead atoms. The summed E-state index contributed by atoms with van der Waals surface area (Å²) in [5.41, 5.74) is 0.239. The van der Waals surface area contributed by atoms with Crippen LogP contribution in [0.25, 0.3) is 32.8 Å². The fourth-order valence-electron chi connectivity index (χ4n) is 7.07. The van der Waals surface area contributed by atoms with E-state index in [2.05, 4.69) is 9.88 Å². The van der Waals surface area contributed by atoms with Gasteiger partial charge in [-0.2, -0.15) is 9.97 Å². The molecule has 45 heavy (non-hydrogen) atoms. The molecule has 0 amide bonds. The third-order valence-corrected chi connectivity index (χ3v) is 9.66. The summed E-state index contributed by atoms with van der Waals surface area (Å²) in [4.78, 5) is 13.8. The molecular weight excluding hydrogens is 578 g/mol. The topological polar surface area (TPSA) is 91.2 Å². The van der Waals surface area contributed by atoms with Crippen LogP contribution in [0.15, 0.2) is 36.4 Å². The van der Waals surface area contributed by atoms with Crippen molar-refractivity contribution in [2.45, 2.75) is 51.6 Å². The number of phenols is 1. The molecule has 238 valence electrons. The van der Waals surface area contributed by atoms with Gasteiger partial charge in [0.15, 0.2) is 5.82 Å². The Hall–Kier alpha value is -3.60. The highest BCUT2D eigenvalue weighted by atomic mass is 19.1. The minimum atomic E-state index is -0.910. The predicted octanol–water partition coefficient (Wildman–Crippen LogP) is 5.84. The average molecular weight is 619 g/mol. The van der Waals surface area contributed by atoms with Crippen molar-refractivity contribution >= 4 is 27.5 Å². The highest BCUT2D eigenvalue weighted by molar-refractivity contribution is 6.03. The lowest BCUT2D eigenvalue weighted by Gasteiger charge is -2.38. The van der Waals surface area contributed by atoms with Crippen molar-refractivity contribution in [1.82, 2.24) is 14.9 Å². The van der Waals surface area contributed by atoms with E-state index in [9.17, 15) is 14.6 Å². The Kier molecular flexibility index (Phi) is 7.78. The van der Waals surface area contributed by atoms with Gasteiger partial charge in [0.2, 0.25) is 0 Å². The zero-order chi connectivity index (χ0) is 31.3. The standard InChI is InChI=1S/C35H40F2N4O4/c1-3-24-28(36)8-5-22-17-23(42)18-27(29(22)24)25-6-7-26-31(30(25)37)38-33(39-32(26)41-12-4-9-34(2,43)19-41)45-21-35(10-11-35)20-40-13-15-44-16-14-40/h5-8,17-18,42-43H,3-4,9-16,19-21H2,1-2H3. The Morgan fingerprint density at radius 2 is 1.80 bits per heavy atom. The van der Waals surface area contributed by atoms with Crippen LogP contribution >= 0.6 is 0 Å². The highest BCUT2D eigenvalue weighted by Crippen LogP contribution is 2.47. The van der Waals surface area contributed by atoms with E-state index in [1.807, 2.05) is 11.8 Å². The van der Waals surface area contributed by atoms with Crippen LogP contribution in [0, 0.1) is 17.0 Å². The number of aromatic nitrogens is 2. The van der Waals surface area contributed by atoms with Crippen molar-refractivity contribution in [3.05, 3.63) is 53.6 Å². The van der Waals surface area contributed by atoms with Crippen LogP contribution in [-0.2, 0) is 11.2 Å². The number of phenolic OH excluding ortho intramolecular Hbond substituents is 1. The molecule has 3 fully saturated rings. The Labute approximate surface area is 261 Å². The summed E-state index contributed by atoms with van der Waals surface area (Å²) < 4.78 is 43.6.